The van der Waals surface area contributed by atoms with Crippen LogP contribution in [0.4, 0.5) is 5.69 Å². The average molecular weight is 376 g/mol. The highest BCUT2D eigenvalue weighted by Gasteiger charge is 2.14. The van der Waals surface area contributed by atoms with Gasteiger partial charge < -0.3 is 10.6 Å². The molecule has 2 aromatic rings. The van der Waals surface area contributed by atoms with Crippen LogP contribution in [-0.2, 0) is 4.79 Å². The van der Waals surface area contributed by atoms with Gasteiger partial charge in [0.1, 0.15) is 6.42 Å². The van der Waals surface area contributed by atoms with Gasteiger partial charge in [-0.3, -0.25) is 9.59 Å². The van der Waals surface area contributed by atoms with Crippen LogP contribution in [0.2, 0.25) is 10.0 Å². The number of amides is 2. The Hall–Kier alpha value is -2.55. The van der Waals surface area contributed by atoms with Gasteiger partial charge in [-0.25, -0.2) is 0 Å². The second-order valence-corrected chi connectivity index (χ2v) is 6.17. The molecule has 25 heavy (non-hydrogen) atoms. The van der Waals surface area contributed by atoms with Gasteiger partial charge in [-0.1, -0.05) is 29.3 Å². The summed E-state index contributed by atoms with van der Waals surface area (Å²) in [7, 11) is 0. The topological polar surface area (TPSA) is 82.0 Å². The molecular weight excluding hydrogens is 361 g/mol. The number of carbonyl (C=O) groups is 2. The molecule has 5 nitrogen and oxygen atoms in total. The molecule has 0 saturated carbocycles. The lowest BCUT2D eigenvalue weighted by Gasteiger charge is -2.16. The van der Waals surface area contributed by atoms with E-state index in [9.17, 15) is 9.59 Å². The standard InChI is InChI=1S/C18H15Cl2N3O2/c1-11(15-7-4-13(19)10-16(15)20)22-18(25)12-2-5-14(6-3-12)23-17(24)8-9-21/h2-7,10-11H,8H2,1H3,(H,22,25)(H,23,24). The number of nitrogens with zero attached hydrogens (tertiary/aromatic N) is 1. The molecule has 1 atom stereocenters. The Morgan fingerprint density at radius 1 is 1.16 bits per heavy atom. The zero-order valence-electron chi connectivity index (χ0n) is 13.3. The van der Waals surface area contributed by atoms with Gasteiger partial charge in [0, 0.05) is 21.3 Å². The number of benzene rings is 2. The van der Waals surface area contributed by atoms with Crippen molar-refractivity contribution in [3.05, 3.63) is 63.6 Å². The minimum absolute atomic E-state index is 0.221. The first-order valence-corrected chi connectivity index (χ1v) is 8.19. The quantitative estimate of drug-likeness (QED) is 0.815. The molecular formula is C18H15Cl2N3O2. The molecule has 0 saturated heterocycles. The van der Waals surface area contributed by atoms with Gasteiger partial charge in [0.2, 0.25) is 5.91 Å². The Kier molecular flexibility index (Phi) is 6.40. The van der Waals surface area contributed by atoms with Crippen molar-refractivity contribution in [1.29, 1.82) is 5.26 Å². The molecule has 2 rings (SSSR count). The van der Waals surface area contributed by atoms with E-state index in [4.69, 9.17) is 28.5 Å². The van der Waals surface area contributed by atoms with Crippen molar-refractivity contribution in [2.24, 2.45) is 0 Å². The zero-order valence-corrected chi connectivity index (χ0v) is 14.9. The second-order valence-electron chi connectivity index (χ2n) is 5.32. The highest BCUT2D eigenvalue weighted by molar-refractivity contribution is 6.35. The van der Waals surface area contributed by atoms with Gasteiger partial charge in [-0.2, -0.15) is 5.26 Å². The summed E-state index contributed by atoms with van der Waals surface area (Å²) in [6, 6.07) is 13.0. The second kappa shape index (κ2) is 8.52. The predicted molar refractivity (Wildman–Crippen MR) is 97.6 cm³/mol. The highest BCUT2D eigenvalue weighted by atomic mass is 35.5. The third-order valence-corrected chi connectivity index (χ3v) is 4.01. The molecule has 0 bridgehead atoms. The zero-order chi connectivity index (χ0) is 18.4. The van der Waals surface area contributed by atoms with E-state index in [1.807, 2.05) is 6.92 Å². The molecule has 0 heterocycles. The van der Waals surface area contributed by atoms with Crippen molar-refractivity contribution in [3.8, 4) is 6.07 Å². The molecule has 1 unspecified atom stereocenters. The monoisotopic (exact) mass is 375 g/mol. The Labute approximate surface area is 155 Å². The first-order chi connectivity index (χ1) is 11.9. The normalized spacial score (nSPS) is 11.3. The average Bonchev–Trinajstić information content (AvgIpc) is 2.55. The molecule has 0 aromatic heterocycles. The molecule has 2 amide bonds. The number of rotatable bonds is 5. The molecule has 2 aromatic carbocycles. The van der Waals surface area contributed by atoms with E-state index < -0.39 is 5.91 Å². The third kappa shape index (κ3) is 5.21. The fourth-order valence-electron chi connectivity index (χ4n) is 2.19. The van der Waals surface area contributed by atoms with Crippen molar-refractivity contribution in [3.63, 3.8) is 0 Å². The Balaban J connectivity index is 2.03. The first kappa shape index (κ1) is 18.8. The number of hydrogen-bond donors (Lipinski definition) is 2. The van der Waals surface area contributed by atoms with Crippen LogP contribution in [0.3, 0.4) is 0 Å². The summed E-state index contributed by atoms with van der Waals surface area (Å²) in [6.07, 6.45) is -0.221. The molecule has 0 aliphatic rings. The number of anilines is 1. The SMILES string of the molecule is CC(NC(=O)c1ccc(NC(=O)CC#N)cc1)c1ccc(Cl)cc1Cl. The number of nitrogens with one attached hydrogen (secondary N) is 2. The summed E-state index contributed by atoms with van der Waals surface area (Å²) in [5.41, 5.74) is 1.72. The Morgan fingerprint density at radius 3 is 2.44 bits per heavy atom. The number of halogens is 2. The van der Waals surface area contributed by atoms with Gasteiger partial charge in [0.25, 0.3) is 5.91 Å². The molecule has 0 aliphatic heterocycles. The minimum Gasteiger partial charge on any atom is -0.345 e. The van der Waals surface area contributed by atoms with Gasteiger partial charge in [0.15, 0.2) is 0 Å². The van der Waals surface area contributed by atoms with Crippen LogP contribution in [0.1, 0.15) is 35.3 Å². The molecule has 2 N–H and O–H groups in total. The number of carbonyl (C=O) groups excluding carboxylic acids is 2. The van der Waals surface area contributed by atoms with Crippen LogP contribution in [-0.4, -0.2) is 11.8 Å². The summed E-state index contributed by atoms with van der Waals surface area (Å²) in [6.45, 7) is 1.82. The predicted octanol–water partition coefficient (Wildman–Crippen LogP) is 4.34. The van der Waals surface area contributed by atoms with E-state index in [2.05, 4.69) is 10.6 Å². The number of hydrogen-bond acceptors (Lipinski definition) is 3. The van der Waals surface area contributed by atoms with Crippen LogP contribution in [0.25, 0.3) is 0 Å². The highest BCUT2D eigenvalue weighted by Crippen LogP contribution is 2.26. The van der Waals surface area contributed by atoms with Crippen molar-refractivity contribution >= 4 is 40.7 Å². The van der Waals surface area contributed by atoms with Gasteiger partial charge in [-0.05, 0) is 48.9 Å². The lowest BCUT2D eigenvalue weighted by atomic mass is 10.1. The number of nitriles is 1. The molecule has 0 spiro atoms. The van der Waals surface area contributed by atoms with Crippen molar-refractivity contribution in [1.82, 2.24) is 5.32 Å². The fourth-order valence-corrected chi connectivity index (χ4v) is 2.76. The smallest absolute Gasteiger partial charge is 0.251 e. The van der Waals surface area contributed by atoms with Crippen LogP contribution in [0.5, 0.6) is 0 Å². The van der Waals surface area contributed by atoms with Crippen molar-refractivity contribution in [2.45, 2.75) is 19.4 Å². The maximum atomic E-state index is 12.3. The summed E-state index contributed by atoms with van der Waals surface area (Å²) in [5.74, 6) is -0.667. The fraction of sp³-hybridized carbons (Fsp3) is 0.167. The maximum Gasteiger partial charge on any atom is 0.251 e. The van der Waals surface area contributed by atoms with Crippen molar-refractivity contribution < 1.29 is 9.59 Å². The maximum absolute atomic E-state index is 12.3. The summed E-state index contributed by atoms with van der Waals surface area (Å²) in [5, 5.41) is 14.9. The molecule has 7 heteroatoms. The van der Waals surface area contributed by atoms with E-state index in [0.717, 1.165) is 5.56 Å². The lowest BCUT2D eigenvalue weighted by molar-refractivity contribution is -0.115. The Morgan fingerprint density at radius 2 is 1.84 bits per heavy atom. The van der Waals surface area contributed by atoms with E-state index in [1.54, 1.807) is 48.5 Å². The summed E-state index contributed by atoms with van der Waals surface area (Å²) < 4.78 is 0. The Bertz CT molecular complexity index is 829. The van der Waals surface area contributed by atoms with E-state index in [0.29, 0.717) is 21.3 Å². The van der Waals surface area contributed by atoms with E-state index >= 15 is 0 Å². The van der Waals surface area contributed by atoms with Crippen LogP contribution < -0.4 is 10.6 Å². The van der Waals surface area contributed by atoms with Crippen molar-refractivity contribution in [2.75, 3.05) is 5.32 Å². The molecule has 0 aliphatic carbocycles. The van der Waals surface area contributed by atoms with Gasteiger partial charge >= 0.3 is 0 Å². The van der Waals surface area contributed by atoms with Crippen LogP contribution in [0, 0.1) is 11.3 Å². The van der Waals surface area contributed by atoms with Gasteiger partial charge in [0.05, 0.1) is 12.1 Å². The van der Waals surface area contributed by atoms with Crippen LogP contribution in [0.15, 0.2) is 42.5 Å². The summed E-state index contributed by atoms with van der Waals surface area (Å²) in [4.78, 5) is 23.7. The molecule has 128 valence electrons. The summed E-state index contributed by atoms with van der Waals surface area (Å²) >= 11 is 12.0. The largest absolute Gasteiger partial charge is 0.345 e. The van der Waals surface area contributed by atoms with Crippen LogP contribution >= 0.6 is 23.2 Å². The first-order valence-electron chi connectivity index (χ1n) is 7.43. The van der Waals surface area contributed by atoms with E-state index in [-0.39, 0.29) is 18.4 Å². The third-order valence-electron chi connectivity index (χ3n) is 3.45. The molecule has 0 radical (unpaired) electrons. The minimum atomic E-state index is -0.397. The van der Waals surface area contributed by atoms with E-state index in [1.165, 1.54) is 0 Å². The molecule has 0 fully saturated rings. The lowest BCUT2D eigenvalue weighted by Crippen LogP contribution is -2.26. The van der Waals surface area contributed by atoms with Gasteiger partial charge in [-0.15, -0.1) is 0 Å².